The fourth-order valence-corrected chi connectivity index (χ4v) is 8.20. The lowest BCUT2D eigenvalue weighted by Gasteiger charge is -2.47. The van der Waals surface area contributed by atoms with Crippen LogP contribution in [0, 0.1) is 52.3 Å². The minimum absolute atomic E-state index is 0.111. The molecule has 1 N–H and O–H groups in total. The number of aliphatic hydroxyl groups is 1. The van der Waals surface area contributed by atoms with Gasteiger partial charge in [0.15, 0.2) is 5.78 Å². The van der Waals surface area contributed by atoms with E-state index < -0.39 is 5.60 Å². The topological polar surface area (TPSA) is 78.9 Å². The molecular formula is C24H33N3O2. The van der Waals surface area contributed by atoms with Gasteiger partial charge in [-0.3, -0.25) is 9.48 Å². The van der Waals surface area contributed by atoms with E-state index in [1.54, 1.807) is 10.9 Å². The Labute approximate surface area is 173 Å². The number of hydrogen-bond acceptors (Lipinski definition) is 4. The number of nitriles is 1. The number of aromatic nitrogens is 2. The summed E-state index contributed by atoms with van der Waals surface area (Å²) in [6, 6.07) is 2.09. The van der Waals surface area contributed by atoms with E-state index in [9.17, 15) is 9.90 Å². The molecule has 0 bridgehead atoms. The molecule has 5 rings (SSSR count). The molecule has 0 aliphatic heterocycles. The molecule has 4 saturated carbocycles. The van der Waals surface area contributed by atoms with Crippen molar-refractivity contribution >= 4 is 5.78 Å². The van der Waals surface area contributed by atoms with Crippen molar-refractivity contribution in [2.75, 3.05) is 0 Å². The highest BCUT2D eigenvalue weighted by Gasteiger charge is 2.60. The van der Waals surface area contributed by atoms with Crippen LogP contribution < -0.4 is 0 Å². The summed E-state index contributed by atoms with van der Waals surface area (Å²) in [7, 11) is 0. The molecule has 4 aliphatic rings. The molecule has 0 spiro atoms. The molecule has 0 unspecified atom stereocenters. The van der Waals surface area contributed by atoms with E-state index >= 15 is 0 Å². The number of carbonyl (C=O) groups is 1. The number of nitrogens with zero attached hydrogens (tertiary/aromatic N) is 3. The van der Waals surface area contributed by atoms with E-state index in [4.69, 9.17) is 5.26 Å². The zero-order valence-electron chi connectivity index (χ0n) is 17.7. The first-order valence-electron chi connectivity index (χ1n) is 11.5. The van der Waals surface area contributed by atoms with E-state index in [0.29, 0.717) is 23.2 Å². The molecule has 0 radical (unpaired) electrons. The van der Waals surface area contributed by atoms with Crippen molar-refractivity contribution in [1.29, 1.82) is 5.26 Å². The largest absolute Gasteiger partial charge is 0.390 e. The first-order chi connectivity index (χ1) is 13.8. The van der Waals surface area contributed by atoms with Gasteiger partial charge in [-0.15, -0.1) is 0 Å². The second kappa shape index (κ2) is 6.67. The number of rotatable bonds is 3. The summed E-state index contributed by atoms with van der Waals surface area (Å²) in [6.45, 7) is 4.69. The Bertz CT molecular complexity index is 853. The normalized spacial score (nSPS) is 45.9. The molecule has 0 aromatic carbocycles. The van der Waals surface area contributed by atoms with Gasteiger partial charge in [0.2, 0.25) is 0 Å². The van der Waals surface area contributed by atoms with Gasteiger partial charge in [0.1, 0.15) is 6.07 Å². The molecule has 0 saturated heterocycles. The highest BCUT2D eigenvalue weighted by atomic mass is 16.3. The third kappa shape index (κ3) is 3.06. The summed E-state index contributed by atoms with van der Waals surface area (Å²) in [5.74, 6) is 4.09. The maximum Gasteiger partial charge on any atom is 0.157 e. The zero-order chi connectivity index (χ0) is 20.4. The molecule has 156 valence electrons. The van der Waals surface area contributed by atoms with E-state index in [1.165, 1.54) is 31.9 Å². The number of Topliss-reactive ketones (excluding diaryl/α,β-unsaturated/α-hetero) is 1. The van der Waals surface area contributed by atoms with Crippen molar-refractivity contribution in [2.45, 2.75) is 77.4 Å². The molecule has 1 aromatic rings. The van der Waals surface area contributed by atoms with Crippen molar-refractivity contribution in [3.8, 4) is 6.07 Å². The Morgan fingerprint density at radius 3 is 2.79 bits per heavy atom. The first kappa shape index (κ1) is 19.3. The van der Waals surface area contributed by atoms with Gasteiger partial charge in [0, 0.05) is 12.1 Å². The lowest BCUT2D eigenvalue weighted by Crippen LogP contribution is -2.43. The van der Waals surface area contributed by atoms with E-state index in [1.807, 2.05) is 6.92 Å². The lowest BCUT2D eigenvalue weighted by molar-refractivity contribution is -0.129. The molecule has 5 heteroatoms. The Morgan fingerprint density at radius 1 is 1.24 bits per heavy atom. The van der Waals surface area contributed by atoms with Crippen LogP contribution in [0.25, 0.3) is 0 Å². The molecular weight excluding hydrogens is 362 g/mol. The van der Waals surface area contributed by atoms with Crippen LogP contribution >= 0.6 is 0 Å². The Kier molecular flexibility index (Phi) is 4.44. The van der Waals surface area contributed by atoms with Gasteiger partial charge in [0.25, 0.3) is 0 Å². The van der Waals surface area contributed by atoms with Crippen molar-refractivity contribution in [3.63, 3.8) is 0 Å². The van der Waals surface area contributed by atoms with E-state index in [2.05, 4.69) is 18.1 Å². The molecule has 4 fully saturated rings. The van der Waals surface area contributed by atoms with Crippen molar-refractivity contribution in [2.24, 2.45) is 40.9 Å². The SMILES string of the molecule is C[C@@]1(O)CC[C@H]2[C@@H](C[C@@H]3[C@@H]2CC[C@]2(C)[C@@H](C(=O)Cn4cc(C#N)cn4)CC[C@@H]32)C1. The average Bonchev–Trinajstić information content (AvgIpc) is 3.34. The van der Waals surface area contributed by atoms with Crippen LogP contribution in [0.1, 0.15) is 70.8 Å². The summed E-state index contributed by atoms with van der Waals surface area (Å²) >= 11 is 0. The highest BCUT2D eigenvalue weighted by Crippen LogP contribution is 2.66. The second-order valence-electron chi connectivity index (χ2n) is 11.0. The fraction of sp³-hybridized carbons (Fsp3) is 0.792. The first-order valence-corrected chi connectivity index (χ1v) is 11.5. The molecule has 29 heavy (non-hydrogen) atoms. The summed E-state index contributed by atoms with van der Waals surface area (Å²) in [6.07, 6.45) is 12.2. The summed E-state index contributed by atoms with van der Waals surface area (Å²) in [5.41, 5.74) is 0.149. The van der Waals surface area contributed by atoms with Crippen LogP contribution in [-0.2, 0) is 11.3 Å². The van der Waals surface area contributed by atoms with Gasteiger partial charge in [0.05, 0.1) is 23.9 Å². The summed E-state index contributed by atoms with van der Waals surface area (Å²) in [4.78, 5) is 13.2. The van der Waals surface area contributed by atoms with Crippen molar-refractivity contribution in [1.82, 2.24) is 9.78 Å². The summed E-state index contributed by atoms with van der Waals surface area (Å²) in [5, 5.41) is 23.8. The number of fused-ring (bicyclic) bond motifs is 5. The number of hydrogen-bond donors (Lipinski definition) is 1. The minimum Gasteiger partial charge on any atom is -0.390 e. The van der Waals surface area contributed by atoms with Gasteiger partial charge in [-0.2, -0.15) is 10.4 Å². The molecule has 4 aliphatic carbocycles. The zero-order valence-corrected chi connectivity index (χ0v) is 17.7. The predicted octanol–water partition coefficient (Wildman–Crippen LogP) is 3.95. The van der Waals surface area contributed by atoms with Crippen LogP contribution in [0.4, 0.5) is 0 Å². The van der Waals surface area contributed by atoms with Crippen LogP contribution in [0.2, 0.25) is 0 Å². The standard InChI is InChI=1S/C24H33N3O2/c1-23(29)7-5-17-16(10-23)9-19-18(17)6-8-24(2)20(19)3-4-21(24)22(28)14-27-13-15(11-25)12-26-27/h12-13,16-21,29H,3-10,14H2,1-2H3/t16-,17-,18+,19+,20-,21+,23+,24-/m0/s1. The third-order valence-corrected chi connectivity index (χ3v) is 9.41. The summed E-state index contributed by atoms with van der Waals surface area (Å²) < 4.78 is 1.63. The van der Waals surface area contributed by atoms with Crippen LogP contribution in [0.3, 0.4) is 0 Å². The van der Waals surface area contributed by atoms with Gasteiger partial charge < -0.3 is 5.11 Å². The predicted molar refractivity (Wildman–Crippen MR) is 109 cm³/mol. The van der Waals surface area contributed by atoms with Gasteiger partial charge in [-0.05, 0) is 93.3 Å². The van der Waals surface area contributed by atoms with Gasteiger partial charge in [-0.1, -0.05) is 6.92 Å². The van der Waals surface area contributed by atoms with Crippen LogP contribution in [-0.4, -0.2) is 26.3 Å². The molecule has 5 nitrogen and oxygen atoms in total. The molecule has 1 aromatic heterocycles. The van der Waals surface area contributed by atoms with Crippen molar-refractivity contribution < 1.29 is 9.90 Å². The Balaban J connectivity index is 1.32. The minimum atomic E-state index is -0.474. The van der Waals surface area contributed by atoms with Crippen LogP contribution in [0.15, 0.2) is 12.4 Å². The van der Waals surface area contributed by atoms with E-state index in [0.717, 1.165) is 43.4 Å². The lowest BCUT2D eigenvalue weighted by atomic mass is 9.57. The number of ketones is 1. The van der Waals surface area contributed by atoms with Crippen LogP contribution in [0.5, 0.6) is 0 Å². The average molecular weight is 396 g/mol. The monoisotopic (exact) mass is 395 g/mol. The van der Waals surface area contributed by atoms with E-state index in [-0.39, 0.29) is 17.9 Å². The maximum atomic E-state index is 13.2. The van der Waals surface area contributed by atoms with Gasteiger partial charge in [-0.25, -0.2) is 0 Å². The van der Waals surface area contributed by atoms with Crippen molar-refractivity contribution in [3.05, 3.63) is 18.0 Å². The third-order valence-electron chi connectivity index (χ3n) is 9.41. The Morgan fingerprint density at radius 2 is 2.03 bits per heavy atom. The molecule has 8 atom stereocenters. The van der Waals surface area contributed by atoms with Gasteiger partial charge >= 0.3 is 0 Å². The smallest absolute Gasteiger partial charge is 0.157 e. The molecule has 1 heterocycles. The Hall–Kier alpha value is -1.67. The number of carbonyl (C=O) groups excluding carboxylic acids is 1. The highest BCUT2D eigenvalue weighted by molar-refractivity contribution is 5.82. The maximum absolute atomic E-state index is 13.2. The molecule has 0 amide bonds. The second-order valence-corrected chi connectivity index (χ2v) is 11.0. The fourth-order valence-electron chi connectivity index (χ4n) is 8.20. The quantitative estimate of drug-likeness (QED) is 0.840.